The standard InChI is InChI=1S/C8H6INO/c9-8-3-5-1-2-7(11)6(5)4-10-8/h3-4H,1-2H2. The molecule has 0 radical (unpaired) electrons. The number of hydrogen-bond donors (Lipinski definition) is 0. The number of halogens is 1. The van der Waals surface area contributed by atoms with E-state index in [0.717, 1.165) is 21.2 Å². The van der Waals surface area contributed by atoms with Gasteiger partial charge in [0.1, 0.15) is 3.70 Å². The molecule has 0 spiro atoms. The molecule has 0 N–H and O–H groups in total. The monoisotopic (exact) mass is 259 g/mol. The predicted molar refractivity (Wildman–Crippen MR) is 49.6 cm³/mol. The van der Waals surface area contributed by atoms with Gasteiger partial charge in [-0.15, -0.1) is 0 Å². The number of pyridine rings is 1. The van der Waals surface area contributed by atoms with Crippen LogP contribution in [0.5, 0.6) is 0 Å². The lowest BCUT2D eigenvalue weighted by molar-refractivity contribution is 0.0994. The Labute approximate surface area is 78.2 Å². The average molecular weight is 259 g/mol. The molecule has 2 rings (SSSR count). The van der Waals surface area contributed by atoms with Crippen LogP contribution in [0, 0.1) is 3.70 Å². The Morgan fingerprint density at radius 1 is 1.45 bits per heavy atom. The fourth-order valence-electron chi connectivity index (χ4n) is 1.31. The van der Waals surface area contributed by atoms with Crippen molar-refractivity contribution < 1.29 is 4.79 Å². The van der Waals surface area contributed by atoms with Gasteiger partial charge in [0.15, 0.2) is 5.78 Å². The maximum absolute atomic E-state index is 11.1. The van der Waals surface area contributed by atoms with E-state index < -0.39 is 0 Å². The number of rotatable bonds is 0. The van der Waals surface area contributed by atoms with Crippen molar-refractivity contribution in [3.63, 3.8) is 0 Å². The first kappa shape index (κ1) is 7.21. The third-order valence-corrected chi connectivity index (χ3v) is 2.47. The highest BCUT2D eigenvalue weighted by Gasteiger charge is 2.19. The van der Waals surface area contributed by atoms with Gasteiger partial charge in [0, 0.05) is 18.2 Å². The Hall–Kier alpha value is -0.450. The number of fused-ring (bicyclic) bond motifs is 1. The van der Waals surface area contributed by atoms with Crippen molar-refractivity contribution in [1.82, 2.24) is 4.98 Å². The SMILES string of the molecule is O=C1CCc2cc(I)ncc21. The van der Waals surface area contributed by atoms with Crippen LogP contribution in [0.1, 0.15) is 22.3 Å². The first-order chi connectivity index (χ1) is 5.27. The highest BCUT2D eigenvalue weighted by Crippen LogP contribution is 2.21. The number of carbonyl (C=O) groups excluding carboxylic acids is 1. The van der Waals surface area contributed by atoms with E-state index in [9.17, 15) is 4.79 Å². The van der Waals surface area contributed by atoms with Gasteiger partial charge in [-0.2, -0.15) is 0 Å². The molecule has 1 heterocycles. The molecular formula is C8H6INO. The van der Waals surface area contributed by atoms with Gasteiger partial charge >= 0.3 is 0 Å². The lowest BCUT2D eigenvalue weighted by Crippen LogP contribution is -1.92. The van der Waals surface area contributed by atoms with Gasteiger partial charge in [-0.25, -0.2) is 4.98 Å². The van der Waals surface area contributed by atoms with Crippen molar-refractivity contribution in [2.24, 2.45) is 0 Å². The van der Waals surface area contributed by atoms with Crippen LogP contribution < -0.4 is 0 Å². The smallest absolute Gasteiger partial charge is 0.165 e. The summed E-state index contributed by atoms with van der Waals surface area (Å²) in [5, 5.41) is 0. The molecule has 0 bridgehead atoms. The molecule has 11 heavy (non-hydrogen) atoms. The summed E-state index contributed by atoms with van der Waals surface area (Å²) in [5.74, 6) is 0.240. The molecule has 0 unspecified atom stereocenters. The Morgan fingerprint density at radius 3 is 3.09 bits per heavy atom. The molecule has 1 aromatic heterocycles. The van der Waals surface area contributed by atoms with Crippen LogP contribution in [0.2, 0.25) is 0 Å². The number of carbonyl (C=O) groups is 1. The van der Waals surface area contributed by atoms with E-state index in [1.54, 1.807) is 6.20 Å². The van der Waals surface area contributed by atoms with Crippen LogP contribution in [0.25, 0.3) is 0 Å². The summed E-state index contributed by atoms with van der Waals surface area (Å²) >= 11 is 2.16. The van der Waals surface area contributed by atoms with E-state index >= 15 is 0 Å². The minimum atomic E-state index is 0.240. The van der Waals surface area contributed by atoms with Gasteiger partial charge in [0.25, 0.3) is 0 Å². The maximum atomic E-state index is 11.1. The molecule has 0 atom stereocenters. The second-order valence-corrected chi connectivity index (χ2v) is 3.69. The lowest BCUT2D eigenvalue weighted by atomic mass is 10.2. The number of aromatic nitrogens is 1. The van der Waals surface area contributed by atoms with Crippen molar-refractivity contribution in [3.05, 3.63) is 27.1 Å². The summed E-state index contributed by atoms with van der Waals surface area (Å²) in [5.41, 5.74) is 1.99. The van der Waals surface area contributed by atoms with E-state index in [-0.39, 0.29) is 5.78 Å². The molecule has 1 aromatic rings. The summed E-state index contributed by atoms with van der Waals surface area (Å²) in [7, 11) is 0. The van der Waals surface area contributed by atoms with Crippen LogP contribution in [-0.4, -0.2) is 10.8 Å². The van der Waals surface area contributed by atoms with Crippen LogP contribution in [-0.2, 0) is 6.42 Å². The largest absolute Gasteiger partial charge is 0.294 e. The van der Waals surface area contributed by atoms with Crippen molar-refractivity contribution in [1.29, 1.82) is 0 Å². The first-order valence-electron chi connectivity index (χ1n) is 3.45. The first-order valence-corrected chi connectivity index (χ1v) is 4.53. The van der Waals surface area contributed by atoms with Crippen LogP contribution in [0.15, 0.2) is 12.3 Å². The third-order valence-electron chi connectivity index (χ3n) is 1.88. The second kappa shape index (κ2) is 2.55. The fraction of sp³-hybridized carbons (Fsp3) is 0.250. The Kier molecular flexibility index (Phi) is 1.67. The van der Waals surface area contributed by atoms with Gasteiger partial charge in [-0.3, -0.25) is 4.79 Å². The molecule has 0 fully saturated rings. The van der Waals surface area contributed by atoms with Crippen LogP contribution >= 0.6 is 22.6 Å². The molecule has 2 nitrogen and oxygen atoms in total. The summed E-state index contributed by atoms with van der Waals surface area (Å²) in [6, 6.07) is 1.99. The van der Waals surface area contributed by atoms with Crippen molar-refractivity contribution in [2.45, 2.75) is 12.8 Å². The van der Waals surface area contributed by atoms with Gasteiger partial charge in [0.05, 0.1) is 0 Å². The molecule has 0 aliphatic heterocycles. The molecular weight excluding hydrogens is 253 g/mol. The maximum Gasteiger partial charge on any atom is 0.165 e. The average Bonchev–Trinajstić information content (AvgIpc) is 2.32. The van der Waals surface area contributed by atoms with Gasteiger partial charge in [-0.1, -0.05) is 0 Å². The molecule has 56 valence electrons. The number of hydrogen-bond acceptors (Lipinski definition) is 2. The number of Topliss-reactive ketones (excluding diaryl/α,β-unsaturated/α-hetero) is 1. The van der Waals surface area contributed by atoms with Crippen molar-refractivity contribution in [3.8, 4) is 0 Å². The fourth-order valence-corrected chi connectivity index (χ4v) is 1.82. The van der Waals surface area contributed by atoms with Crippen LogP contribution in [0.3, 0.4) is 0 Å². The molecule has 0 saturated heterocycles. The highest BCUT2D eigenvalue weighted by molar-refractivity contribution is 14.1. The number of aryl methyl sites for hydroxylation is 1. The predicted octanol–water partition coefficient (Wildman–Crippen LogP) is 1.82. The highest BCUT2D eigenvalue weighted by atomic mass is 127. The van der Waals surface area contributed by atoms with Gasteiger partial charge < -0.3 is 0 Å². The van der Waals surface area contributed by atoms with E-state index in [2.05, 4.69) is 27.6 Å². The summed E-state index contributed by atoms with van der Waals surface area (Å²) in [6.45, 7) is 0. The normalized spacial score (nSPS) is 15.2. The Balaban J connectivity index is 2.59. The third kappa shape index (κ3) is 1.17. The summed E-state index contributed by atoms with van der Waals surface area (Å²) in [4.78, 5) is 15.2. The minimum absolute atomic E-state index is 0.240. The quantitative estimate of drug-likeness (QED) is 0.525. The van der Waals surface area contributed by atoms with E-state index in [4.69, 9.17) is 0 Å². The lowest BCUT2D eigenvalue weighted by Gasteiger charge is -1.95. The van der Waals surface area contributed by atoms with Gasteiger partial charge in [-0.05, 0) is 40.6 Å². The number of nitrogens with zero attached hydrogens (tertiary/aromatic N) is 1. The molecule has 0 aromatic carbocycles. The van der Waals surface area contributed by atoms with Crippen LogP contribution in [0.4, 0.5) is 0 Å². The Bertz CT molecular complexity index is 322. The second-order valence-electron chi connectivity index (χ2n) is 2.59. The summed E-state index contributed by atoms with van der Waals surface area (Å²) < 4.78 is 0.969. The minimum Gasteiger partial charge on any atom is -0.294 e. The molecule has 3 heteroatoms. The number of ketones is 1. The zero-order chi connectivity index (χ0) is 7.84. The zero-order valence-electron chi connectivity index (χ0n) is 5.80. The van der Waals surface area contributed by atoms with E-state index in [1.807, 2.05) is 6.07 Å². The molecule has 0 amide bonds. The molecule has 1 aliphatic carbocycles. The summed E-state index contributed by atoms with van der Waals surface area (Å²) in [6.07, 6.45) is 3.25. The molecule has 1 aliphatic rings. The Morgan fingerprint density at radius 2 is 2.27 bits per heavy atom. The topological polar surface area (TPSA) is 30.0 Å². The van der Waals surface area contributed by atoms with Gasteiger partial charge in [0.2, 0.25) is 0 Å². The van der Waals surface area contributed by atoms with E-state index in [0.29, 0.717) is 6.42 Å². The zero-order valence-corrected chi connectivity index (χ0v) is 7.96. The molecule has 0 saturated carbocycles. The van der Waals surface area contributed by atoms with Crippen molar-refractivity contribution in [2.75, 3.05) is 0 Å². The van der Waals surface area contributed by atoms with E-state index in [1.165, 1.54) is 0 Å². The van der Waals surface area contributed by atoms with Crippen molar-refractivity contribution >= 4 is 28.4 Å².